The molecule has 5 heteroatoms. The van der Waals surface area contributed by atoms with Crippen LogP contribution in [0.25, 0.3) is 0 Å². The molecule has 2 rings (SSSR count). The summed E-state index contributed by atoms with van der Waals surface area (Å²) >= 11 is 0. The summed E-state index contributed by atoms with van der Waals surface area (Å²) in [6.45, 7) is 9.77. The molecule has 0 aliphatic carbocycles. The molecule has 1 aliphatic heterocycles. The number of fused-ring (bicyclic) bond motifs is 1. The Kier molecular flexibility index (Phi) is 4.12. The molecule has 0 saturated heterocycles. The SMILES string of the molecule is CCOCC(C(C)C)n1nnc2c1CCNC2. The quantitative estimate of drug-likeness (QED) is 0.836. The summed E-state index contributed by atoms with van der Waals surface area (Å²) in [5, 5.41) is 11.9. The predicted molar refractivity (Wildman–Crippen MR) is 65.8 cm³/mol. The Hall–Kier alpha value is -0.940. The van der Waals surface area contributed by atoms with Gasteiger partial charge in [-0.05, 0) is 12.8 Å². The number of nitrogens with one attached hydrogen (secondary N) is 1. The van der Waals surface area contributed by atoms with Crippen molar-refractivity contribution < 1.29 is 4.74 Å². The monoisotopic (exact) mass is 238 g/mol. The second-order valence-corrected chi connectivity index (χ2v) is 4.83. The largest absolute Gasteiger partial charge is 0.380 e. The van der Waals surface area contributed by atoms with Gasteiger partial charge in [0, 0.05) is 26.1 Å². The summed E-state index contributed by atoms with van der Waals surface area (Å²) < 4.78 is 7.65. The van der Waals surface area contributed by atoms with Crippen molar-refractivity contribution in [2.75, 3.05) is 19.8 Å². The summed E-state index contributed by atoms with van der Waals surface area (Å²) in [5.41, 5.74) is 2.38. The minimum Gasteiger partial charge on any atom is -0.380 e. The van der Waals surface area contributed by atoms with Gasteiger partial charge in [0.15, 0.2) is 0 Å². The van der Waals surface area contributed by atoms with Gasteiger partial charge in [0.1, 0.15) is 0 Å². The molecule has 0 saturated carbocycles. The molecule has 0 spiro atoms. The maximum Gasteiger partial charge on any atom is 0.0997 e. The molecule has 96 valence electrons. The van der Waals surface area contributed by atoms with Crippen LogP contribution in [0.1, 0.15) is 38.2 Å². The Balaban J connectivity index is 2.20. The highest BCUT2D eigenvalue weighted by Crippen LogP contribution is 2.22. The molecule has 0 aromatic carbocycles. The van der Waals surface area contributed by atoms with E-state index in [1.165, 1.54) is 5.69 Å². The normalized spacial score (nSPS) is 17.2. The van der Waals surface area contributed by atoms with Gasteiger partial charge in [0.05, 0.1) is 24.0 Å². The highest BCUT2D eigenvalue weighted by atomic mass is 16.5. The Labute approximate surface area is 103 Å². The lowest BCUT2D eigenvalue weighted by atomic mass is 10.0. The average molecular weight is 238 g/mol. The summed E-state index contributed by atoms with van der Waals surface area (Å²) in [7, 11) is 0. The molecule has 1 N–H and O–H groups in total. The molecule has 0 fully saturated rings. The first-order chi connectivity index (χ1) is 8.24. The number of aromatic nitrogens is 3. The van der Waals surface area contributed by atoms with Crippen LogP contribution in [0, 0.1) is 5.92 Å². The molecule has 5 nitrogen and oxygen atoms in total. The van der Waals surface area contributed by atoms with Crippen molar-refractivity contribution in [2.45, 2.75) is 39.8 Å². The van der Waals surface area contributed by atoms with E-state index in [4.69, 9.17) is 4.74 Å². The van der Waals surface area contributed by atoms with E-state index in [1.807, 2.05) is 6.92 Å². The van der Waals surface area contributed by atoms with Crippen LogP contribution in [0.2, 0.25) is 0 Å². The molecule has 1 aromatic rings. The third-order valence-corrected chi connectivity index (χ3v) is 3.28. The van der Waals surface area contributed by atoms with E-state index in [0.717, 1.165) is 38.4 Å². The van der Waals surface area contributed by atoms with Gasteiger partial charge in [-0.15, -0.1) is 5.10 Å². The Morgan fingerprint density at radius 1 is 1.47 bits per heavy atom. The number of ether oxygens (including phenoxy) is 1. The predicted octanol–water partition coefficient (Wildman–Crippen LogP) is 1.16. The van der Waals surface area contributed by atoms with Crippen molar-refractivity contribution >= 4 is 0 Å². The highest BCUT2D eigenvalue weighted by molar-refractivity contribution is 5.14. The van der Waals surface area contributed by atoms with Gasteiger partial charge in [-0.1, -0.05) is 19.1 Å². The zero-order chi connectivity index (χ0) is 12.3. The maximum atomic E-state index is 5.57. The lowest BCUT2D eigenvalue weighted by molar-refractivity contribution is 0.0892. The molecule has 1 unspecified atom stereocenters. The van der Waals surface area contributed by atoms with Crippen molar-refractivity contribution in [2.24, 2.45) is 5.92 Å². The summed E-state index contributed by atoms with van der Waals surface area (Å²) in [5.74, 6) is 0.502. The van der Waals surface area contributed by atoms with Gasteiger partial charge >= 0.3 is 0 Å². The Bertz CT molecular complexity index is 361. The minimum atomic E-state index is 0.296. The molecule has 1 aliphatic rings. The maximum absolute atomic E-state index is 5.57. The van der Waals surface area contributed by atoms with Crippen molar-refractivity contribution in [1.29, 1.82) is 0 Å². The zero-order valence-corrected chi connectivity index (χ0v) is 10.9. The second-order valence-electron chi connectivity index (χ2n) is 4.83. The van der Waals surface area contributed by atoms with Crippen LogP contribution in [-0.4, -0.2) is 34.8 Å². The van der Waals surface area contributed by atoms with Crippen LogP contribution in [0.3, 0.4) is 0 Å². The standard InChI is InChI=1S/C12H22N4O/c1-4-17-8-12(9(2)3)16-11-5-6-13-7-10(11)14-15-16/h9,12-13H,4-8H2,1-3H3. The lowest BCUT2D eigenvalue weighted by Crippen LogP contribution is -2.29. The third-order valence-electron chi connectivity index (χ3n) is 3.28. The Morgan fingerprint density at radius 3 is 3.00 bits per heavy atom. The van der Waals surface area contributed by atoms with Crippen LogP contribution in [0.5, 0.6) is 0 Å². The lowest BCUT2D eigenvalue weighted by Gasteiger charge is -2.24. The summed E-state index contributed by atoms with van der Waals surface area (Å²) in [6.07, 6.45) is 1.01. The van der Waals surface area contributed by atoms with Crippen molar-refractivity contribution in [3.63, 3.8) is 0 Å². The first kappa shape index (κ1) is 12.5. The van der Waals surface area contributed by atoms with Gasteiger partial charge < -0.3 is 10.1 Å². The average Bonchev–Trinajstić information content (AvgIpc) is 2.73. The van der Waals surface area contributed by atoms with Crippen molar-refractivity contribution in [3.05, 3.63) is 11.4 Å². The molecule has 1 atom stereocenters. The first-order valence-electron chi connectivity index (χ1n) is 6.45. The molecule has 2 heterocycles. The van der Waals surface area contributed by atoms with E-state index in [2.05, 4.69) is 34.2 Å². The van der Waals surface area contributed by atoms with Crippen LogP contribution in [0.15, 0.2) is 0 Å². The molecule has 1 aromatic heterocycles. The van der Waals surface area contributed by atoms with Crippen LogP contribution in [0.4, 0.5) is 0 Å². The number of rotatable bonds is 5. The molecule has 0 radical (unpaired) electrons. The molecule has 0 amide bonds. The fourth-order valence-corrected chi connectivity index (χ4v) is 2.21. The van der Waals surface area contributed by atoms with E-state index in [9.17, 15) is 0 Å². The molecular formula is C12H22N4O. The molecule has 17 heavy (non-hydrogen) atoms. The fourth-order valence-electron chi connectivity index (χ4n) is 2.21. The van der Waals surface area contributed by atoms with E-state index in [-0.39, 0.29) is 0 Å². The topological polar surface area (TPSA) is 52.0 Å². The highest BCUT2D eigenvalue weighted by Gasteiger charge is 2.24. The van der Waals surface area contributed by atoms with E-state index < -0.39 is 0 Å². The summed E-state index contributed by atoms with van der Waals surface area (Å²) in [6, 6.07) is 0.296. The van der Waals surface area contributed by atoms with Gasteiger partial charge in [0.2, 0.25) is 0 Å². The smallest absolute Gasteiger partial charge is 0.0997 e. The van der Waals surface area contributed by atoms with Crippen LogP contribution < -0.4 is 5.32 Å². The summed E-state index contributed by atoms with van der Waals surface area (Å²) in [4.78, 5) is 0. The van der Waals surface area contributed by atoms with Crippen LogP contribution in [-0.2, 0) is 17.7 Å². The van der Waals surface area contributed by atoms with Gasteiger partial charge in [-0.2, -0.15) is 0 Å². The zero-order valence-electron chi connectivity index (χ0n) is 10.9. The second kappa shape index (κ2) is 5.60. The molecular weight excluding hydrogens is 216 g/mol. The van der Waals surface area contributed by atoms with E-state index >= 15 is 0 Å². The fraction of sp³-hybridized carbons (Fsp3) is 0.833. The minimum absolute atomic E-state index is 0.296. The van der Waals surface area contributed by atoms with Gasteiger partial charge in [0.25, 0.3) is 0 Å². The van der Waals surface area contributed by atoms with Crippen LogP contribution >= 0.6 is 0 Å². The van der Waals surface area contributed by atoms with Gasteiger partial charge in [-0.3, -0.25) is 0 Å². The molecule has 0 bridgehead atoms. The number of nitrogens with zero attached hydrogens (tertiary/aromatic N) is 3. The number of hydrogen-bond donors (Lipinski definition) is 1. The number of hydrogen-bond acceptors (Lipinski definition) is 4. The first-order valence-corrected chi connectivity index (χ1v) is 6.45. The van der Waals surface area contributed by atoms with Crippen molar-refractivity contribution in [1.82, 2.24) is 20.3 Å². The Morgan fingerprint density at radius 2 is 2.29 bits per heavy atom. The van der Waals surface area contributed by atoms with E-state index in [1.54, 1.807) is 0 Å². The van der Waals surface area contributed by atoms with Gasteiger partial charge in [-0.25, -0.2) is 4.68 Å². The van der Waals surface area contributed by atoms with E-state index in [0.29, 0.717) is 12.0 Å². The third kappa shape index (κ3) is 2.66. The van der Waals surface area contributed by atoms with Crippen molar-refractivity contribution in [3.8, 4) is 0 Å².